The van der Waals surface area contributed by atoms with Gasteiger partial charge in [-0.2, -0.15) is 0 Å². The molecule has 172 valence electrons. The summed E-state index contributed by atoms with van der Waals surface area (Å²) in [7, 11) is 1.26. The van der Waals surface area contributed by atoms with Crippen LogP contribution >= 0.6 is 11.3 Å². The predicted molar refractivity (Wildman–Crippen MR) is 120 cm³/mol. The molecular formula is C24H23NO7S. The number of aromatic nitrogens is 1. The van der Waals surface area contributed by atoms with E-state index in [1.54, 1.807) is 25.3 Å². The highest BCUT2D eigenvalue weighted by Crippen LogP contribution is 2.50. The van der Waals surface area contributed by atoms with Crippen molar-refractivity contribution in [2.75, 3.05) is 7.11 Å². The average molecular weight is 470 g/mol. The number of aromatic hydroxyl groups is 3. The van der Waals surface area contributed by atoms with Crippen LogP contribution in [0.5, 0.6) is 17.2 Å². The molecule has 8 nitrogen and oxygen atoms in total. The van der Waals surface area contributed by atoms with E-state index in [2.05, 4.69) is 4.98 Å². The second-order valence-corrected chi connectivity index (χ2v) is 8.83. The quantitative estimate of drug-likeness (QED) is 0.364. The summed E-state index contributed by atoms with van der Waals surface area (Å²) in [4.78, 5) is 29.5. The fraction of sp³-hybridized carbons (Fsp3) is 0.292. The van der Waals surface area contributed by atoms with E-state index in [9.17, 15) is 24.9 Å². The number of rotatable bonds is 6. The van der Waals surface area contributed by atoms with Gasteiger partial charge in [-0.15, -0.1) is 11.3 Å². The van der Waals surface area contributed by atoms with E-state index >= 15 is 0 Å². The molecule has 1 aliphatic rings. The molecule has 0 radical (unpaired) electrons. The molecule has 0 saturated heterocycles. The van der Waals surface area contributed by atoms with Gasteiger partial charge in [0, 0.05) is 39.2 Å². The van der Waals surface area contributed by atoms with Gasteiger partial charge in [-0.05, 0) is 31.4 Å². The summed E-state index contributed by atoms with van der Waals surface area (Å²) >= 11 is 1.35. The third kappa shape index (κ3) is 3.94. The fourth-order valence-corrected chi connectivity index (χ4v) is 4.99. The number of ether oxygens (including phenoxy) is 2. The van der Waals surface area contributed by atoms with E-state index in [0.29, 0.717) is 21.7 Å². The number of Topliss-reactive ketones (excluding diaryl/α,β-unsaturated/α-hetero) is 1. The van der Waals surface area contributed by atoms with Crippen molar-refractivity contribution in [2.24, 2.45) is 0 Å². The Labute approximate surface area is 194 Å². The molecule has 3 aromatic rings. The van der Waals surface area contributed by atoms with Crippen LogP contribution in [-0.2, 0) is 20.9 Å². The largest absolute Gasteiger partial charge is 0.507 e. The van der Waals surface area contributed by atoms with Crippen LogP contribution in [0.3, 0.4) is 0 Å². The SMILES string of the molecule is COC(=O)C[C@H](c1cccs1)c1c(O)c(C(C)=O)cc([C@@H]2OCc3cnc(C)c(O)c32)c1O. The van der Waals surface area contributed by atoms with Crippen LogP contribution in [0.1, 0.15) is 68.5 Å². The lowest BCUT2D eigenvalue weighted by Crippen LogP contribution is -2.13. The van der Waals surface area contributed by atoms with Crippen LogP contribution < -0.4 is 0 Å². The Bertz CT molecular complexity index is 1240. The molecule has 9 heteroatoms. The van der Waals surface area contributed by atoms with Gasteiger partial charge in [0.1, 0.15) is 23.4 Å². The summed E-state index contributed by atoms with van der Waals surface area (Å²) < 4.78 is 10.7. The Morgan fingerprint density at radius 1 is 1.27 bits per heavy atom. The fourth-order valence-electron chi connectivity index (χ4n) is 4.15. The van der Waals surface area contributed by atoms with Gasteiger partial charge >= 0.3 is 5.97 Å². The molecule has 1 aromatic carbocycles. The Morgan fingerprint density at radius 3 is 2.67 bits per heavy atom. The molecular weight excluding hydrogens is 446 g/mol. The molecule has 4 rings (SSSR count). The number of aryl methyl sites for hydroxylation is 1. The number of esters is 1. The molecule has 0 unspecified atom stereocenters. The monoisotopic (exact) mass is 469 g/mol. The maximum Gasteiger partial charge on any atom is 0.306 e. The van der Waals surface area contributed by atoms with E-state index in [1.165, 1.54) is 31.4 Å². The number of carbonyl (C=O) groups is 2. The third-order valence-electron chi connectivity index (χ3n) is 5.86. The van der Waals surface area contributed by atoms with Gasteiger partial charge in [-0.3, -0.25) is 14.6 Å². The Balaban J connectivity index is 1.96. The van der Waals surface area contributed by atoms with Crippen molar-refractivity contribution in [1.29, 1.82) is 0 Å². The molecule has 1 aliphatic heterocycles. The number of benzene rings is 1. The lowest BCUT2D eigenvalue weighted by Gasteiger charge is -2.23. The average Bonchev–Trinajstić information content (AvgIpc) is 3.46. The molecule has 2 atom stereocenters. The standard InChI is InChI=1S/C24H23NO7S/c1-11-21(28)19-13(9-25-11)10-32-24(19)16-7-14(12(2)26)22(29)20(23(16)30)15(8-18(27)31-3)17-5-4-6-33-17/h4-7,9,15,24,28-30H,8,10H2,1-3H3/t15-,24+/m1/s1. The summed E-state index contributed by atoms with van der Waals surface area (Å²) in [5.74, 6) is -2.50. The van der Waals surface area contributed by atoms with Crippen LogP contribution in [0.25, 0.3) is 0 Å². The third-order valence-corrected chi connectivity index (χ3v) is 6.85. The maximum absolute atomic E-state index is 12.4. The molecule has 33 heavy (non-hydrogen) atoms. The summed E-state index contributed by atoms with van der Waals surface area (Å²) in [6.07, 6.45) is 0.552. The smallest absolute Gasteiger partial charge is 0.306 e. The van der Waals surface area contributed by atoms with Gasteiger partial charge in [-0.25, -0.2) is 0 Å². The first-order valence-electron chi connectivity index (χ1n) is 10.2. The molecule has 0 saturated carbocycles. The number of fused-ring (bicyclic) bond motifs is 1. The minimum Gasteiger partial charge on any atom is -0.507 e. The van der Waals surface area contributed by atoms with Gasteiger partial charge < -0.3 is 24.8 Å². The number of carbonyl (C=O) groups excluding carboxylic acids is 2. The highest BCUT2D eigenvalue weighted by atomic mass is 32.1. The second kappa shape index (κ2) is 8.84. The number of pyridine rings is 1. The molecule has 0 aliphatic carbocycles. The van der Waals surface area contributed by atoms with E-state index in [0.717, 1.165) is 0 Å². The molecule has 3 heterocycles. The van der Waals surface area contributed by atoms with Crippen molar-refractivity contribution >= 4 is 23.1 Å². The molecule has 0 spiro atoms. The van der Waals surface area contributed by atoms with Crippen molar-refractivity contribution in [3.05, 3.63) is 68.2 Å². The number of phenols is 2. The van der Waals surface area contributed by atoms with E-state index in [-0.39, 0.29) is 41.2 Å². The van der Waals surface area contributed by atoms with E-state index in [4.69, 9.17) is 9.47 Å². The normalized spacial score (nSPS) is 15.8. The van der Waals surface area contributed by atoms with Gasteiger partial charge in [-0.1, -0.05) is 6.07 Å². The van der Waals surface area contributed by atoms with Crippen LogP contribution in [0.2, 0.25) is 0 Å². The first-order valence-corrected chi connectivity index (χ1v) is 11.1. The van der Waals surface area contributed by atoms with Crippen LogP contribution in [0.15, 0.2) is 29.8 Å². The van der Waals surface area contributed by atoms with Crippen molar-refractivity contribution in [2.45, 2.75) is 38.9 Å². The van der Waals surface area contributed by atoms with Gasteiger partial charge in [0.2, 0.25) is 0 Å². The van der Waals surface area contributed by atoms with Crippen LogP contribution in [0.4, 0.5) is 0 Å². The number of methoxy groups -OCH3 is 1. The summed E-state index contributed by atoms with van der Waals surface area (Å²) in [5.41, 5.74) is 1.73. The second-order valence-electron chi connectivity index (χ2n) is 7.85. The van der Waals surface area contributed by atoms with E-state index in [1.807, 2.05) is 5.38 Å². The maximum atomic E-state index is 12.4. The first kappa shape index (κ1) is 22.8. The number of nitrogens with zero attached hydrogens (tertiary/aromatic N) is 1. The van der Waals surface area contributed by atoms with Crippen molar-refractivity contribution in [1.82, 2.24) is 4.98 Å². The zero-order valence-corrected chi connectivity index (χ0v) is 19.1. The van der Waals surface area contributed by atoms with Crippen LogP contribution in [-0.4, -0.2) is 39.2 Å². The zero-order chi connectivity index (χ0) is 23.9. The number of ketones is 1. The zero-order valence-electron chi connectivity index (χ0n) is 18.3. The minimum atomic E-state index is -0.888. The van der Waals surface area contributed by atoms with Gasteiger partial charge in [0.25, 0.3) is 0 Å². The molecule has 0 amide bonds. The molecule has 2 aromatic heterocycles. The van der Waals surface area contributed by atoms with Gasteiger partial charge in [0.15, 0.2) is 5.78 Å². The lowest BCUT2D eigenvalue weighted by molar-refractivity contribution is -0.140. The van der Waals surface area contributed by atoms with E-state index < -0.39 is 29.5 Å². The first-order chi connectivity index (χ1) is 15.7. The highest BCUT2D eigenvalue weighted by molar-refractivity contribution is 7.10. The van der Waals surface area contributed by atoms with Crippen molar-refractivity contribution in [3.8, 4) is 17.2 Å². The predicted octanol–water partition coefficient (Wildman–Crippen LogP) is 4.09. The molecule has 3 N–H and O–H groups in total. The number of hydrogen-bond donors (Lipinski definition) is 3. The summed E-state index contributed by atoms with van der Waals surface area (Å²) in [6, 6.07) is 4.94. The lowest BCUT2D eigenvalue weighted by atomic mass is 9.85. The van der Waals surface area contributed by atoms with Crippen LogP contribution in [0, 0.1) is 6.92 Å². The molecule has 0 bridgehead atoms. The summed E-state index contributed by atoms with van der Waals surface area (Å²) in [5, 5.41) is 34.9. The number of hydrogen-bond acceptors (Lipinski definition) is 9. The minimum absolute atomic E-state index is 0.0217. The molecule has 0 fully saturated rings. The Kier molecular flexibility index (Phi) is 6.09. The Hall–Kier alpha value is -3.43. The van der Waals surface area contributed by atoms with Crippen molar-refractivity contribution < 1.29 is 34.4 Å². The van der Waals surface area contributed by atoms with Gasteiger partial charge in [0.05, 0.1) is 31.4 Å². The van der Waals surface area contributed by atoms with Crippen molar-refractivity contribution in [3.63, 3.8) is 0 Å². The summed E-state index contributed by atoms with van der Waals surface area (Å²) in [6.45, 7) is 3.11. The number of thiophene rings is 1. The number of phenolic OH excluding ortho intramolecular Hbond substituents is 2. The topological polar surface area (TPSA) is 126 Å². The Morgan fingerprint density at radius 2 is 2.03 bits per heavy atom. The highest BCUT2D eigenvalue weighted by Gasteiger charge is 2.36.